The van der Waals surface area contributed by atoms with Crippen LogP contribution in [-0.4, -0.2) is 23.9 Å². The average molecular weight is 254 g/mol. The number of ether oxygens (including phenoxy) is 2. The highest BCUT2D eigenvalue weighted by atomic mass is 19.1. The van der Waals surface area contributed by atoms with Crippen molar-refractivity contribution in [3.63, 3.8) is 0 Å². The van der Waals surface area contributed by atoms with Crippen LogP contribution in [0.2, 0.25) is 0 Å². The molecule has 100 valence electrons. The number of hydrogen-bond acceptors (Lipinski definition) is 3. The summed E-state index contributed by atoms with van der Waals surface area (Å²) in [7, 11) is 0. The molecule has 2 rings (SSSR count). The molecule has 1 aliphatic rings. The first-order valence-corrected chi connectivity index (χ1v) is 6.32. The first-order valence-electron chi connectivity index (χ1n) is 6.32. The quantitative estimate of drug-likeness (QED) is 0.898. The normalized spacial score (nSPS) is 25.1. The van der Waals surface area contributed by atoms with Gasteiger partial charge in [-0.3, -0.25) is 0 Å². The van der Waals surface area contributed by atoms with E-state index in [-0.39, 0.29) is 18.0 Å². The third-order valence-corrected chi connectivity index (χ3v) is 3.18. The van der Waals surface area contributed by atoms with Crippen molar-refractivity contribution < 1.29 is 19.0 Å². The van der Waals surface area contributed by atoms with Crippen molar-refractivity contribution in [1.82, 2.24) is 0 Å². The highest BCUT2D eigenvalue weighted by molar-refractivity contribution is 5.30. The molecule has 4 heteroatoms. The van der Waals surface area contributed by atoms with Crippen molar-refractivity contribution in [3.8, 4) is 5.75 Å². The minimum absolute atomic E-state index is 0.0517. The molecule has 0 bridgehead atoms. The van der Waals surface area contributed by atoms with Crippen molar-refractivity contribution in [2.75, 3.05) is 6.61 Å². The van der Waals surface area contributed by atoms with Gasteiger partial charge in [0.25, 0.3) is 0 Å². The molecule has 1 fully saturated rings. The van der Waals surface area contributed by atoms with E-state index in [2.05, 4.69) is 0 Å². The Morgan fingerprint density at radius 1 is 1.50 bits per heavy atom. The van der Waals surface area contributed by atoms with E-state index in [0.717, 1.165) is 12.8 Å². The van der Waals surface area contributed by atoms with Gasteiger partial charge in [-0.05, 0) is 44.4 Å². The molecule has 18 heavy (non-hydrogen) atoms. The lowest BCUT2D eigenvalue weighted by Gasteiger charge is -2.14. The van der Waals surface area contributed by atoms with Crippen molar-refractivity contribution in [3.05, 3.63) is 29.6 Å². The fraction of sp³-hybridized carbons (Fsp3) is 0.571. The summed E-state index contributed by atoms with van der Waals surface area (Å²) >= 11 is 0. The molecule has 0 aliphatic carbocycles. The smallest absolute Gasteiger partial charge is 0.165 e. The molecule has 0 spiro atoms. The zero-order valence-corrected chi connectivity index (χ0v) is 10.7. The topological polar surface area (TPSA) is 38.7 Å². The van der Waals surface area contributed by atoms with E-state index in [1.165, 1.54) is 6.07 Å². The van der Waals surface area contributed by atoms with Gasteiger partial charge in [-0.2, -0.15) is 0 Å². The number of hydrogen-bond donors (Lipinski definition) is 1. The van der Waals surface area contributed by atoms with Crippen LogP contribution in [0.1, 0.15) is 38.4 Å². The van der Waals surface area contributed by atoms with Gasteiger partial charge in [0, 0.05) is 0 Å². The molecule has 3 atom stereocenters. The summed E-state index contributed by atoms with van der Waals surface area (Å²) in [6.07, 6.45) is 1.62. The van der Waals surface area contributed by atoms with E-state index in [0.29, 0.717) is 12.2 Å². The summed E-state index contributed by atoms with van der Waals surface area (Å²) in [5.41, 5.74) is 0.547. The lowest BCUT2D eigenvalue weighted by Crippen LogP contribution is -2.18. The predicted molar refractivity (Wildman–Crippen MR) is 66.1 cm³/mol. The summed E-state index contributed by atoms with van der Waals surface area (Å²) in [5, 5.41) is 9.34. The molecule has 1 aliphatic heterocycles. The minimum atomic E-state index is -0.674. The van der Waals surface area contributed by atoms with Crippen molar-refractivity contribution in [2.45, 2.75) is 45.0 Å². The standard InChI is InChI=1S/C14H19FO3/c1-9-3-5-12(18-9)8-17-14-6-4-11(10(2)16)7-13(14)15/h4,6-7,9-10,12,16H,3,5,8H2,1-2H3/t9?,10-,12?/m1/s1. The van der Waals surface area contributed by atoms with Crippen LogP contribution in [0.4, 0.5) is 4.39 Å². The van der Waals surface area contributed by atoms with Crippen LogP contribution in [-0.2, 0) is 4.74 Å². The highest BCUT2D eigenvalue weighted by Crippen LogP contribution is 2.24. The zero-order chi connectivity index (χ0) is 13.1. The summed E-state index contributed by atoms with van der Waals surface area (Å²) < 4.78 is 24.7. The number of aliphatic hydroxyl groups excluding tert-OH is 1. The molecular formula is C14H19FO3. The fourth-order valence-electron chi connectivity index (χ4n) is 2.08. The van der Waals surface area contributed by atoms with Crippen molar-refractivity contribution >= 4 is 0 Å². The third-order valence-electron chi connectivity index (χ3n) is 3.18. The maximum atomic E-state index is 13.7. The predicted octanol–water partition coefficient (Wildman–Crippen LogP) is 2.83. The summed E-state index contributed by atoms with van der Waals surface area (Å²) in [6.45, 7) is 4.00. The van der Waals surface area contributed by atoms with Crippen LogP contribution in [0.5, 0.6) is 5.75 Å². The van der Waals surface area contributed by atoms with Gasteiger partial charge in [0.05, 0.1) is 18.3 Å². The molecule has 0 aromatic heterocycles. The molecule has 2 unspecified atom stereocenters. The van der Waals surface area contributed by atoms with Gasteiger partial charge in [-0.25, -0.2) is 4.39 Å². The van der Waals surface area contributed by atoms with Gasteiger partial charge in [-0.15, -0.1) is 0 Å². The maximum absolute atomic E-state index is 13.7. The van der Waals surface area contributed by atoms with Crippen LogP contribution in [0.3, 0.4) is 0 Å². The van der Waals surface area contributed by atoms with Gasteiger partial charge in [0.2, 0.25) is 0 Å². The Labute approximate surface area is 107 Å². The maximum Gasteiger partial charge on any atom is 0.165 e. The Morgan fingerprint density at radius 3 is 2.83 bits per heavy atom. The van der Waals surface area contributed by atoms with Gasteiger partial charge in [-0.1, -0.05) is 6.07 Å². The summed E-state index contributed by atoms with van der Waals surface area (Å²) in [5.74, 6) is -0.234. The van der Waals surface area contributed by atoms with Crippen LogP contribution < -0.4 is 4.74 Å². The molecular weight excluding hydrogens is 235 g/mol. The van der Waals surface area contributed by atoms with Crippen molar-refractivity contribution in [1.29, 1.82) is 0 Å². The molecule has 1 N–H and O–H groups in total. The Morgan fingerprint density at radius 2 is 2.28 bits per heavy atom. The van der Waals surface area contributed by atoms with Crippen LogP contribution in [0, 0.1) is 5.82 Å². The van der Waals surface area contributed by atoms with E-state index in [1.54, 1.807) is 19.1 Å². The SMILES string of the molecule is CC1CCC(COc2ccc([C@@H](C)O)cc2F)O1. The lowest BCUT2D eigenvalue weighted by molar-refractivity contribution is 0.0256. The second-order valence-corrected chi connectivity index (χ2v) is 4.82. The summed E-state index contributed by atoms with van der Waals surface area (Å²) in [6, 6.07) is 4.52. The molecule has 1 heterocycles. The number of aliphatic hydroxyl groups is 1. The second kappa shape index (κ2) is 5.67. The van der Waals surface area contributed by atoms with Gasteiger partial charge in [0.15, 0.2) is 11.6 Å². The Kier molecular flexibility index (Phi) is 4.19. The lowest BCUT2D eigenvalue weighted by atomic mass is 10.1. The second-order valence-electron chi connectivity index (χ2n) is 4.82. The minimum Gasteiger partial charge on any atom is -0.488 e. The number of halogens is 1. The Bertz CT molecular complexity index is 406. The van der Waals surface area contributed by atoms with E-state index in [9.17, 15) is 9.50 Å². The first kappa shape index (κ1) is 13.3. The number of benzene rings is 1. The van der Waals surface area contributed by atoms with Crippen LogP contribution >= 0.6 is 0 Å². The first-order chi connectivity index (χ1) is 8.56. The molecule has 1 saturated heterocycles. The highest BCUT2D eigenvalue weighted by Gasteiger charge is 2.22. The van der Waals surface area contributed by atoms with Crippen LogP contribution in [0.25, 0.3) is 0 Å². The third kappa shape index (κ3) is 3.21. The molecule has 3 nitrogen and oxygen atoms in total. The van der Waals surface area contributed by atoms with Gasteiger partial charge >= 0.3 is 0 Å². The Balaban J connectivity index is 1.93. The van der Waals surface area contributed by atoms with E-state index >= 15 is 0 Å². The molecule has 1 aromatic rings. The van der Waals surface area contributed by atoms with Gasteiger partial charge < -0.3 is 14.6 Å². The largest absolute Gasteiger partial charge is 0.488 e. The van der Waals surface area contributed by atoms with Gasteiger partial charge in [0.1, 0.15) is 6.61 Å². The van der Waals surface area contributed by atoms with E-state index in [4.69, 9.17) is 9.47 Å². The van der Waals surface area contributed by atoms with E-state index < -0.39 is 11.9 Å². The monoisotopic (exact) mass is 254 g/mol. The zero-order valence-electron chi connectivity index (χ0n) is 10.7. The fourth-order valence-corrected chi connectivity index (χ4v) is 2.08. The number of rotatable bonds is 4. The molecule has 0 saturated carbocycles. The molecule has 1 aromatic carbocycles. The molecule has 0 amide bonds. The van der Waals surface area contributed by atoms with Crippen molar-refractivity contribution in [2.24, 2.45) is 0 Å². The summed E-state index contributed by atoms with van der Waals surface area (Å²) in [4.78, 5) is 0. The molecule has 0 radical (unpaired) electrons. The van der Waals surface area contributed by atoms with E-state index in [1.807, 2.05) is 6.92 Å². The average Bonchev–Trinajstić information content (AvgIpc) is 2.73. The Hall–Kier alpha value is -1.13. The van der Waals surface area contributed by atoms with Crippen LogP contribution in [0.15, 0.2) is 18.2 Å².